The second-order valence-electron chi connectivity index (χ2n) is 5.20. The summed E-state index contributed by atoms with van der Waals surface area (Å²) in [5, 5.41) is 7.85. The lowest BCUT2D eigenvalue weighted by Gasteiger charge is -2.38. The first-order chi connectivity index (χ1) is 8.54. The van der Waals surface area contributed by atoms with Crippen LogP contribution in [-0.2, 0) is 0 Å². The highest BCUT2D eigenvalue weighted by molar-refractivity contribution is 6.29. The molecule has 1 aliphatic heterocycles. The average Bonchev–Trinajstić information content (AvgIpc) is 2.40. The molecule has 1 fully saturated rings. The van der Waals surface area contributed by atoms with E-state index in [1.54, 1.807) is 12.1 Å². The molecular weight excluding hydrogens is 250 g/mol. The molecule has 0 bridgehead atoms. The lowest BCUT2D eigenvalue weighted by molar-refractivity contribution is 0.0593. The third-order valence-corrected chi connectivity index (χ3v) is 4.16. The third-order valence-electron chi connectivity index (χ3n) is 3.96. The maximum absolute atomic E-state index is 12.2. The second kappa shape index (κ2) is 5.22. The molecule has 0 aromatic carbocycles. The van der Waals surface area contributed by atoms with Gasteiger partial charge in [-0.2, -0.15) is 0 Å². The first kappa shape index (κ1) is 13.3. The van der Waals surface area contributed by atoms with Crippen LogP contribution in [0.4, 0.5) is 0 Å². The molecule has 2 heterocycles. The normalized spacial score (nSPS) is 18.7. The van der Waals surface area contributed by atoms with Crippen LogP contribution in [0.15, 0.2) is 12.1 Å². The Labute approximate surface area is 112 Å². The number of amides is 1. The molecule has 1 aromatic heterocycles. The summed E-state index contributed by atoms with van der Waals surface area (Å²) in [5.41, 5.74) is 0.752. The molecule has 4 nitrogen and oxygen atoms in total. The van der Waals surface area contributed by atoms with E-state index in [0.717, 1.165) is 32.4 Å². The molecule has 98 valence electrons. The van der Waals surface area contributed by atoms with E-state index in [9.17, 15) is 4.79 Å². The quantitative estimate of drug-likeness (QED) is 0.828. The first-order valence-corrected chi connectivity index (χ1v) is 6.70. The number of rotatable bonds is 2. The van der Waals surface area contributed by atoms with Crippen LogP contribution in [-0.4, -0.2) is 34.1 Å². The fourth-order valence-corrected chi connectivity index (χ4v) is 2.30. The highest BCUT2D eigenvalue weighted by Gasteiger charge is 2.31. The van der Waals surface area contributed by atoms with Gasteiger partial charge in [-0.25, -0.2) is 0 Å². The maximum atomic E-state index is 12.2. The van der Waals surface area contributed by atoms with Gasteiger partial charge in [0.15, 0.2) is 10.8 Å². The van der Waals surface area contributed by atoms with Gasteiger partial charge >= 0.3 is 0 Å². The van der Waals surface area contributed by atoms with Crippen molar-refractivity contribution in [1.29, 1.82) is 0 Å². The van der Waals surface area contributed by atoms with Crippen molar-refractivity contribution in [2.75, 3.05) is 13.1 Å². The summed E-state index contributed by atoms with van der Waals surface area (Å²) in [4.78, 5) is 14.0. The third kappa shape index (κ3) is 2.80. The Hall–Kier alpha value is -1.16. The number of likely N-dealkylation sites (tertiary alicyclic amines) is 1. The van der Waals surface area contributed by atoms with Crippen LogP contribution < -0.4 is 0 Å². The van der Waals surface area contributed by atoms with Crippen LogP contribution in [0.2, 0.25) is 5.15 Å². The first-order valence-electron chi connectivity index (χ1n) is 6.32. The number of carbonyl (C=O) groups excluding carboxylic acids is 1. The van der Waals surface area contributed by atoms with Gasteiger partial charge in [0, 0.05) is 13.1 Å². The zero-order valence-electron chi connectivity index (χ0n) is 10.8. The lowest BCUT2D eigenvalue weighted by atomic mass is 9.78. The monoisotopic (exact) mass is 267 g/mol. The van der Waals surface area contributed by atoms with Crippen molar-refractivity contribution in [1.82, 2.24) is 15.1 Å². The van der Waals surface area contributed by atoms with Crippen LogP contribution in [0, 0.1) is 5.41 Å². The number of hydrogen-bond donors (Lipinski definition) is 0. The Balaban J connectivity index is 2.01. The Morgan fingerprint density at radius 2 is 2.06 bits per heavy atom. The van der Waals surface area contributed by atoms with Gasteiger partial charge in [-0.3, -0.25) is 4.79 Å². The standard InChI is InChI=1S/C13H18ClN3O/c1-3-13(2)6-8-17(9-7-13)12(18)10-4-5-11(14)16-15-10/h4-5H,3,6-9H2,1-2H3. The van der Waals surface area contributed by atoms with Gasteiger partial charge in [0.1, 0.15) is 0 Å². The molecule has 0 unspecified atom stereocenters. The second-order valence-corrected chi connectivity index (χ2v) is 5.58. The number of nitrogens with zero attached hydrogens (tertiary/aromatic N) is 3. The van der Waals surface area contributed by atoms with Gasteiger partial charge < -0.3 is 4.90 Å². The molecule has 0 atom stereocenters. The predicted molar refractivity (Wildman–Crippen MR) is 70.6 cm³/mol. The molecule has 0 saturated carbocycles. The largest absolute Gasteiger partial charge is 0.337 e. The van der Waals surface area contributed by atoms with E-state index in [1.165, 1.54) is 0 Å². The molecule has 0 radical (unpaired) electrons. The van der Waals surface area contributed by atoms with Gasteiger partial charge in [-0.15, -0.1) is 10.2 Å². The van der Waals surface area contributed by atoms with E-state index in [0.29, 0.717) is 16.3 Å². The maximum Gasteiger partial charge on any atom is 0.274 e. The van der Waals surface area contributed by atoms with Crippen molar-refractivity contribution in [2.45, 2.75) is 33.1 Å². The Morgan fingerprint density at radius 1 is 1.39 bits per heavy atom. The van der Waals surface area contributed by atoms with Crippen LogP contribution in [0.5, 0.6) is 0 Å². The van der Waals surface area contributed by atoms with Gasteiger partial charge in [0.05, 0.1) is 0 Å². The molecule has 1 aliphatic rings. The van der Waals surface area contributed by atoms with Crippen molar-refractivity contribution < 1.29 is 4.79 Å². The van der Waals surface area contributed by atoms with E-state index in [1.807, 2.05) is 4.90 Å². The van der Waals surface area contributed by atoms with Gasteiger partial charge in [-0.1, -0.05) is 31.9 Å². The molecule has 1 amide bonds. The van der Waals surface area contributed by atoms with Crippen molar-refractivity contribution >= 4 is 17.5 Å². The van der Waals surface area contributed by atoms with E-state index >= 15 is 0 Å². The molecule has 1 saturated heterocycles. The minimum atomic E-state index is -0.0441. The summed E-state index contributed by atoms with van der Waals surface area (Å²) in [6, 6.07) is 3.23. The van der Waals surface area contributed by atoms with Gasteiger partial charge in [0.2, 0.25) is 0 Å². The number of hydrogen-bond acceptors (Lipinski definition) is 3. The highest BCUT2D eigenvalue weighted by Crippen LogP contribution is 2.34. The van der Waals surface area contributed by atoms with E-state index in [2.05, 4.69) is 24.0 Å². The number of aromatic nitrogens is 2. The number of halogens is 1. The Kier molecular flexibility index (Phi) is 3.85. The zero-order valence-corrected chi connectivity index (χ0v) is 11.6. The summed E-state index contributed by atoms with van der Waals surface area (Å²) >= 11 is 5.66. The summed E-state index contributed by atoms with van der Waals surface area (Å²) < 4.78 is 0. The zero-order chi connectivity index (χ0) is 13.2. The molecule has 0 aliphatic carbocycles. The van der Waals surface area contributed by atoms with E-state index in [-0.39, 0.29) is 5.91 Å². The minimum Gasteiger partial charge on any atom is -0.337 e. The van der Waals surface area contributed by atoms with Gasteiger partial charge in [-0.05, 0) is 30.4 Å². The van der Waals surface area contributed by atoms with Crippen molar-refractivity contribution in [3.8, 4) is 0 Å². The minimum absolute atomic E-state index is 0.0441. The summed E-state index contributed by atoms with van der Waals surface area (Å²) in [6.07, 6.45) is 3.27. The molecule has 0 N–H and O–H groups in total. The highest BCUT2D eigenvalue weighted by atomic mass is 35.5. The summed E-state index contributed by atoms with van der Waals surface area (Å²) in [5.74, 6) is -0.0441. The molecule has 18 heavy (non-hydrogen) atoms. The Morgan fingerprint density at radius 3 is 2.56 bits per heavy atom. The topological polar surface area (TPSA) is 46.1 Å². The lowest BCUT2D eigenvalue weighted by Crippen LogP contribution is -2.42. The summed E-state index contributed by atoms with van der Waals surface area (Å²) in [6.45, 7) is 6.10. The van der Waals surface area contributed by atoms with Gasteiger partial charge in [0.25, 0.3) is 5.91 Å². The van der Waals surface area contributed by atoms with Crippen LogP contribution in [0.25, 0.3) is 0 Å². The molecule has 2 rings (SSSR count). The fourth-order valence-electron chi connectivity index (χ4n) is 2.20. The van der Waals surface area contributed by atoms with E-state index < -0.39 is 0 Å². The van der Waals surface area contributed by atoms with Crippen molar-refractivity contribution in [3.05, 3.63) is 23.0 Å². The SMILES string of the molecule is CCC1(C)CCN(C(=O)c2ccc(Cl)nn2)CC1. The smallest absolute Gasteiger partial charge is 0.274 e. The predicted octanol–water partition coefficient (Wildman–Crippen LogP) is 2.78. The van der Waals surface area contributed by atoms with Crippen LogP contribution >= 0.6 is 11.6 Å². The van der Waals surface area contributed by atoms with Crippen LogP contribution in [0.1, 0.15) is 43.6 Å². The molecule has 0 spiro atoms. The summed E-state index contributed by atoms with van der Waals surface area (Å²) in [7, 11) is 0. The molecular formula is C13H18ClN3O. The molecule has 1 aromatic rings. The van der Waals surface area contributed by atoms with Crippen molar-refractivity contribution in [2.24, 2.45) is 5.41 Å². The Bertz CT molecular complexity index is 424. The molecule has 5 heteroatoms. The number of carbonyl (C=O) groups is 1. The van der Waals surface area contributed by atoms with Crippen molar-refractivity contribution in [3.63, 3.8) is 0 Å². The number of piperidine rings is 1. The van der Waals surface area contributed by atoms with E-state index in [4.69, 9.17) is 11.6 Å². The van der Waals surface area contributed by atoms with Crippen LogP contribution in [0.3, 0.4) is 0 Å². The fraction of sp³-hybridized carbons (Fsp3) is 0.615. The average molecular weight is 268 g/mol.